The maximum Gasteiger partial charge on any atom is 0.167 e. The first-order valence-electron chi connectivity index (χ1n) is 5.41. The molecule has 0 amide bonds. The van der Waals surface area contributed by atoms with E-state index < -0.39 is 11.6 Å². The van der Waals surface area contributed by atoms with Crippen LogP contribution in [-0.4, -0.2) is 16.4 Å². The summed E-state index contributed by atoms with van der Waals surface area (Å²) in [7, 11) is 1.80. The Kier molecular flexibility index (Phi) is 3.45. The number of nitrogens with zero attached hydrogens (tertiary/aromatic N) is 2. The van der Waals surface area contributed by atoms with Crippen LogP contribution in [0.1, 0.15) is 5.56 Å². The molecule has 0 aliphatic heterocycles. The molecule has 2 N–H and O–H groups in total. The van der Waals surface area contributed by atoms with E-state index in [0.29, 0.717) is 6.42 Å². The van der Waals surface area contributed by atoms with E-state index in [1.165, 1.54) is 0 Å². The van der Waals surface area contributed by atoms with Crippen LogP contribution >= 0.6 is 0 Å². The number of hydrogen-bond acceptors (Lipinski definition) is 3. The van der Waals surface area contributed by atoms with Gasteiger partial charge in [0.15, 0.2) is 11.6 Å². The predicted molar refractivity (Wildman–Crippen MR) is 63.2 cm³/mol. The van der Waals surface area contributed by atoms with Gasteiger partial charge < -0.3 is 10.5 Å². The molecule has 1 aromatic heterocycles. The topological polar surface area (TPSA) is 53.1 Å². The molecule has 0 atom stereocenters. The number of halogens is 2. The molecule has 0 spiro atoms. The van der Waals surface area contributed by atoms with Crippen LogP contribution in [0.15, 0.2) is 24.5 Å². The number of nitrogen functional groups attached to an aromatic ring is 1. The lowest BCUT2D eigenvalue weighted by Crippen LogP contribution is -2.03. The maximum absolute atomic E-state index is 13.4. The van der Waals surface area contributed by atoms with E-state index in [4.69, 9.17) is 10.5 Å². The number of benzene rings is 1. The highest BCUT2D eigenvalue weighted by Gasteiger charge is 2.09. The Morgan fingerprint density at radius 1 is 1.33 bits per heavy atom. The number of hydrogen-bond donors (Lipinski definition) is 1. The molecule has 0 radical (unpaired) electrons. The molecule has 96 valence electrons. The van der Waals surface area contributed by atoms with Gasteiger partial charge in [0, 0.05) is 31.8 Å². The third kappa shape index (κ3) is 2.77. The van der Waals surface area contributed by atoms with Crippen molar-refractivity contribution in [1.82, 2.24) is 9.78 Å². The summed E-state index contributed by atoms with van der Waals surface area (Å²) in [5.74, 6) is -1.49. The van der Waals surface area contributed by atoms with Crippen LogP contribution < -0.4 is 10.5 Å². The summed E-state index contributed by atoms with van der Waals surface area (Å²) in [5, 5.41) is 4.00. The van der Waals surface area contributed by atoms with Gasteiger partial charge in [0.25, 0.3) is 0 Å². The van der Waals surface area contributed by atoms with Crippen molar-refractivity contribution in [1.29, 1.82) is 0 Å². The van der Waals surface area contributed by atoms with Gasteiger partial charge in [0.05, 0.1) is 18.5 Å². The van der Waals surface area contributed by atoms with Crippen molar-refractivity contribution in [3.05, 3.63) is 41.7 Å². The normalized spacial score (nSPS) is 10.6. The Bertz CT molecular complexity index is 554. The molecule has 0 saturated heterocycles. The summed E-state index contributed by atoms with van der Waals surface area (Å²) in [6, 6.07) is 1.86. The second kappa shape index (κ2) is 5.03. The fourth-order valence-corrected chi connectivity index (χ4v) is 1.53. The van der Waals surface area contributed by atoms with Gasteiger partial charge in [0.1, 0.15) is 5.82 Å². The quantitative estimate of drug-likeness (QED) is 0.847. The van der Waals surface area contributed by atoms with Gasteiger partial charge in [-0.1, -0.05) is 0 Å². The minimum atomic E-state index is -0.687. The minimum absolute atomic E-state index is 0.134. The first-order valence-corrected chi connectivity index (χ1v) is 5.41. The highest BCUT2D eigenvalue weighted by atomic mass is 19.1. The predicted octanol–water partition coefficient (Wildman–Crippen LogP) is 1.90. The fourth-order valence-electron chi connectivity index (χ4n) is 1.53. The summed E-state index contributed by atoms with van der Waals surface area (Å²) in [5.41, 5.74) is 5.97. The second-order valence-corrected chi connectivity index (χ2v) is 3.92. The van der Waals surface area contributed by atoms with Crippen LogP contribution in [0.3, 0.4) is 0 Å². The molecule has 0 aliphatic rings. The van der Waals surface area contributed by atoms with Crippen molar-refractivity contribution < 1.29 is 13.5 Å². The zero-order valence-corrected chi connectivity index (χ0v) is 9.86. The zero-order valence-electron chi connectivity index (χ0n) is 9.86. The largest absolute Gasteiger partial charge is 0.490 e. The molecule has 0 unspecified atom stereocenters. The first-order chi connectivity index (χ1) is 8.56. The van der Waals surface area contributed by atoms with E-state index in [2.05, 4.69) is 5.10 Å². The molecule has 0 aliphatic carbocycles. The lowest BCUT2D eigenvalue weighted by Gasteiger charge is -2.07. The molecule has 2 aromatic rings. The molecular formula is C12H13F2N3O. The number of nitrogens with two attached hydrogens (primary N) is 1. The molecule has 18 heavy (non-hydrogen) atoms. The van der Waals surface area contributed by atoms with Crippen molar-refractivity contribution >= 4 is 5.69 Å². The molecular weight excluding hydrogens is 240 g/mol. The highest BCUT2D eigenvalue weighted by molar-refractivity contribution is 5.44. The van der Waals surface area contributed by atoms with E-state index in [0.717, 1.165) is 17.7 Å². The van der Waals surface area contributed by atoms with Crippen molar-refractivity contribution in [2.75, 3.05) is 12.3 Å². The second-order valence-electron chi connectivity index (χ2n) is 3.92. The van der Waals surface area contributed by atoms with Crippen molar-refractivity contribution in [2.45, 2.75) is 6.42 Å². The number of anilines is 1. The molecule has 0 saturated carbocycles. The molecule has 6 heteroatoms. The van der Waals surface area contributed by atoms with Gasteiger partial charge in [-0.3, -0.25) is 4.68 Å². The zero-order chi connectivity index (χ0) is 13.1. The average molecular weight is 253 g/mol. The highest BCUT2D eigenvalue weighted by Crippen LogP contribution is 2.22. The van der Waals surface area contributed by atoms with Crippen LogP contribution in [0, 0.1) is 11.6 Å². The van der Waals surface area contributed by atoms with Gasteiger partial charge in [-0.2, -0.15) is 5.10 Å². The van der Waals surface area contributed by atoms with Gasteiger partial charge >= 0.3 is 0 Å². The summed E-state index contributed by atoms with van der Waals surface area (Å²) in [6.45, 7) is 0.242. The van der Waals surface area contributed by atoms with E-state index in [9.17, 15) is 8.78 Å². The monoisotopic (exact) mass is 253 g/mol. The number of rotatable bonds is 4. The molecule has 0 fully saturated rings. The van der Waals surface area contributed by atoms with E-state index in [1.54, 1.807) is 17.9 Å². The molecule has 1 aromatic carbocycles. The Labute approximate surface area is 103 Å². The van der Waals surface area contributed by atoms with Crippen LogP contribution in [0.2, 0.25) is 0 Å². The van der Waals surface area contributed by atoms with Gasteiger partial charge in [-0.05, 0) is 5.56 Å². The molecule has 4 nitrogen and oxygen atoms in total. The third-order valence-electron chi connectivity index (χ3n) is 2.46. The number of aromatic nitrogens is 2. The summed E-state index contributed by atoms with van der Waals surface area (Å²) in [4.78, 5) is 0. The number of ether oxygens (including phenoxy) is 1. The number of aryl methyl sites for hydroxylation is 1. The Hall–Kier alpha value is -2.11. The van der Waals surface area contributed by atoms with Crippen molar-refractivity contribution in [3.63, 3.8) is 0 Å². The summed E-state index contributed by atoms with van der Waals surface area (Å²) < 4.78 is 33.3. The Morgan fingerprint density at radius 3 is 2.78 bits per heavy atom. The van der Waals surface area contributed by atoms with E-state index in [-0.39, 0.29) is 18.0 Å². The van der Waals surface area contributed by atoms with E-state index in [1.807, 2.05) is 6.20 Å². The fraction of sp³-hybridized carbons (Fsp3) is 0.250. The third-order valence-corrected chi connectivity index (χ3v) is 2.46. The average Bonchev–Trinajstić information content (AvgIpc) is 2.71. The van der Waals surface area contributed by atoms with Crippen molar-refractivity contribution in [3.8, 4) is 5.75 Å². The Morgan fingerprint density at radius 2 is 2.11 bits per heavy atom. The van der Waals surface area contributed by atoms with Crippen LogP contribution in [0.4, 0.5) is 14.5 Å². The van der Waals surface area contributed by atoms with Crippen molar-refractivity contribution in [2.24, 2.45) is 7.05 Å². The molecule has 0 bridgehead atoms. The van der Waals surface area contributed by atoms with Gasteiger partial charge in [-0.15, -0.1) is 0 Å². The van der Waals surface area contributed by atoms with Gasteiger partial charge in [-0.25, -0.2) is 8.78 Å². The summed E-state index contributed by atoms with van der Waals surface area (Å²) >= 11 is 0. The van der Waals surface area contributed by atoms with Crippen LogP contribution in [0.5, 0.6) is 5.75 Å². The minimum Gasteiger partial charge on any atom is -0.490 e. The maximum atomic E-state index is 13.4. The van der Waals surface area contributed by atoms with Crippen LogP contribution in [0.25, 0.3) is 0 Å². The molecule has 2 rings (SSSR count). The lowest BCUT2D eigenvalue weighted by molar-refractivity contribution is 0.303. The SMILES string of the molecule is Cn1cc(CCOc2cc(F)c(N)cc2F)cn1. The Balaban J connectivity index is 1.96. The first kappa shape index (κ1) is 12.3. The molecule has 1 heterocycles. The lowest BCUT2D eigenvalue weighted by atomic mass is 10.2. The summed E-state index contributed by atoms with van der Waals surface area (Å²) in [6.07, 6.45) is 4.10. The van der Waals surface area contributed by atoms with Crippen LogP contribution in [-0.2, 0) is 13.5 Å². The smallest absolute Gasteiger partial charge is 0.167 e. The van der Waals surface area contributed by atoms with E-state index >= 15 is 0 Å². The standard InChI is InChI=1S/C12H13F2N3O/c1-17-7-8(6-16-17)2-3-18-12-5-9(13)11(15)4-10(12)14/h4-7H,2-3,15H2,1H3. The van der Waals surface area contributed by atoms with Gasteiger partial charge in [0.2, 0.25) is 0 Å².